The molecule has 2 rings (SSSR count). The molecule has 0 atom stereocenters. The fourth-order valence-corrected chi connectivity index (χ4v) is 1.96. The van der Waals surface area contributed by atoms with E-state index in [9.17, 15) is 10.1 Å². The first-order valence-electron chi connectivity index (χ1n) is 6.34. The predicted molar refractivity (Wildman–Crippen MR) is 80.8 cm³/mol. The molecular weight excluding hydrogens is 294 g/mol. The second-order valence-electron chi connectivity index (χ2n) is 4.27. The van der Waals surface area contributed by atoms with E-state index in [0.717, 1.165) is 0 Å². The summed E-state index contributed by atoms with van der Waals surface area (Å²) in [7, 11) is 0. The van der Waals surface area contributed by atoms with E-state index in [0.29, 0.717) is 28.6 Å². The average Bonchev–Trinajstić information content (AvgIpc) is 2.46. The van der Waals surface area contributed by atoms with Crippen LogP contribution in [-0.4, -0.2) is 16.5 Å². The van der Waals surface area contributed by atoms with Gasteiger partial charge in [0.25, 0.3) is 5.69 Å². The second kappa shape index (κ2) is 6.90. The van der Waals surface area contributed by atoms with E-state index >= 15 is 0 Å². The first-order chi connectivity index (χ1) is 10.1. The van der Waals surface area contributed by atoms with Gasteiger partial charge < -0.3 is 10.1 Å². The zero-order chi connectivity index (χ0) is 15.2. The molecule has 0 fully saturated rings. The minimum absolute atomic E-state index is 0.0298. The zero-order valence-corrected chi connectivity index (χ0v) is 12.1. The molecule has 0 saturated carbocycles. The van der Waals surface area contributed by atoms with Gasteiger partial charge in [0.15, 0.2) is 0 Å². The Hall–Kier alpha value is -2.34. The molecule has 1 heterocycles. The molecule has 21 heavy (non-hydrogen) atoms. The first-order valence-corrected chi connectivity index (χ1v) is 6.72. The molecule has 0 radical (unpaired) electrons. The number of rotatable bonds is 6. The van der Waals surface area contributed by atoms with E-state index in [1.807, 2.05) is 6.92 Å². The van der Waals surface area contributed by atoms with Crippen LogP contribution in [0.4, 0.5) is 11.4 Å². The molecule has 1 aromatic heterocycles. The lowest BCUT2D eigenvalue weighted by Gasteiger charge is -2.08. The van der Waals surface area contributed by atoms with Crippen LogP contribution in [-0.2, 0) is 6.61 Å². The van der Waals surface area contributed by atoms with Gasteiger partial charge in [0.1, 0.15) is 18.0 Å². The van der Waals surface area contributed by atoms with Crippen molar-refractivity contribution in [2.45, 2.75) is 13.5 Å². The van der Waals surface area contributed by atoms with Crippen LogP contribution < -0.4 is 10.1 Å². The number of aromatic nitrogens is 1. The Balaban J connectivity index is 2.13. The lowest BCUT2D eigenvalue weighted by Crippen LogP contribution is -2.03. The van der Waals surface area contributed by atoms with Crippen LogP contribution in [0, 0.1) is 10.1 Å². The van der Waals surface area contributed by atoms with Crippen molar-refractivity contribution in [3.05, 3.63) is 57.4 Å². The maximum atomic E-state index is 11.1. The van der Waals surface area contributed by atoms with Gasteiger partial charge in [0, 0.05) is 24.9 Å². The molecule has 1 aromatic carbocycles. The van der Waals surface area contributed by atoms with Gasteiger partial charge in [0.2, 0.25) is 0 Å². The van der Waals surface area contributed by atoms with Crippen molar-refractivity contribution < 1.29 is 9.66 Å². The zero-order valence-electron chi connectivity index (χ0n) is 11.4. The fraction of sp³-hybridized carbons (Fsp3) is 0.214. The van der Waals surface area contributed by atoms with Gasteiger partial charge in [0.05, 0.1) is 16.1 Å². The van der Waals surface area contributed by atoms with Crippen LogP contribution in [0.3, 0.4) is 0 Å². The largest absolute Gasteiger partial charge is 0.487 e. The number of ether oxygens (including phenoxy) is 1. The van der Waals surface area contributed by atoms with E-state index in [2.05, 4.69) is 10.3 Å². The number of benzene rings is 1. The summed E-state index contributed by atoms with van der Waals surface area (Å²) in [6.07, 6.45) is 3.04. The van der Waals surface area contributed by atoms with Gasteiger partial charge in [-0.1, -0.05) is 17.7 Å². The van der Waals surface area contributed by atoms with Crippen molar-refractivity contribution in [2.24, 2.45) is 0 Å². The normalized spacial score (nSPS) is 10.2. The standard InChI is InChI=1S/C14H14ClN3O3/c1-2-17-13-4-3-10(5-14(13)18(19)20)9-21-12-6-11(15)7-16-8-12/h3-8,17H,2,9H2,1H3. The minimum atomic E-state index is -0.414. The number of nitrogens with zero attached hydrogens (tertiary/aromatic N) is 2. The summed E-state index contributed by atoms with van der Waals surface area (Å²) in [6.45, 7) is 2.70. The van der Waals surface area contributed by atoms with Crippen LogP contribution >= 0.6 is 11.6 Å². The van der Waals surface area contributed by atoms with E-state index in [-0.39, 0.29) is 12.3 Å². The van der Waals surface area contributed by atoms with Gasteiger partial charge >= 0.3 is 0 Å². The molecule has 0 spiro atoms. The Morgan fingerprint density at radius 2 is 2.19 bits per heavy atom. The number of nitrogens with one attached hydrogen (secondary N) is 1. The van der Waals surface area contributed by atoms with Crippen LogP contribution in [0.25, 0.3) is 0 Å². The van der Waals surface area contributed by atoms with Crippen LogP contribution in [0.5, 0.6) is 5.75 Å². The Labute approximate surface area is 126 Å². The summed E-state index contributed by atoms with van der Waals surface area (Å²) in [5, 5.41) is 14.5. The van der Waals surface area contributed by atoms with Gasteiger partial charge in [-0.25, -0.2) is 0 Å². The molecule has 0 amide bonds. The molecular formula is C14H14ClN3O3. The van der Waals surface area contributed by atoms with Crippen molar-refractivity contribution in [1.29, 1.82) is 0 Å². The number of hydrogen-bond acceptors (Lipinski definition) is 5. The van der Waals surface area contributed by atoms with Crippen LogP contribution in [0.2, 0.25) is 5.02 Å². The average molecular weight is 308 g/mol. The topological polar surface area (TPSA) is 77.3 Å². The number of hydrogen-bond donors (Lipinski definition) is 1. The third-order valence-corrected chi connectivity index (χ3v) is 2.92. The summed E-state index contributed by atoms with van der Waals surface area (Å²) >= 11 is 5.81. The molecule has 1 N–H and O–H groups in total. The molecule has 0 saturated heterocycles. The number of pyridine rings is 1. The smallest absolute Gasteiger partial charge is 0.292 e. The molecule has 0 aliphatic rings. The Kier molecular flexibility index (Phi) is 4.94. The first kappa shape index (κ1) is 15.1. The third kappa shape index (κ3) is 4.06. The number of anilines is 1. The molecule has 110 valence electrons. The van der Waals surface area contributed by atoms with Gasteiger partial charge in [-0.05, 0) is 18.6 Å². The molecule has 2 aromatic rings. The van der Waals surface area contributed by atoms with E-state index in [1.54, 1.807) is 18.2 Å². The Bertz CT molecular complexity index is 649. The maximum absolute atomic E-state index is 11.1. The highest BCUT2D eigenvalue weighted by Crippen LogP contribution is 2.26. The van der Waals surface area contributed by atoms with Crippen molar-refractivity contribution in [3.8, 4) is 5.75 Å². The van der Waals surface area contributed by atoms with Gasteiger partial charge in [-0.15, -0.1) is 0 Å². The molecule has 0 aliphatic carbocycles. The summed E-state index contributed by atoms with van der Waals surface area (Å²) in [5.74, 6) is 0.515. The quantitative estimate of drug-likeness (QED) is 0.651. The van der Waals surface area contributed by atoms with Gasteiger partial charge in [-0.2, -0.15) is 0 Å². The fourth-order valence-electron chi connectivity index (χ4n) is 1.80. The summed E-state index contributed by atoms with van der Waals surface area (Å²) < 4.78 is 5.52. The Morgan fingerprint density at radius 3 is 2.86 bits per heavy atom. The van der Waals surface area contributed by atoms with E-state index in [4.69, 9.17) is 16.3 Å². The monoisotopic (exact) mass is 307 g/mol. The van der Waals surface area contributed by atoms with Crippen molar-refractivity contribution in [2.75, 3.05) is 11.9 Å². The SMILES string of the molecule is CCNc1ccc(COc2cncc(Cl)c2)cc1[N+](=O)[O-]. The summed E-state index contributed by atoms with van der Waals surface area (Å²) in [4.78, 5) is 14.6. The Morgan fingerprint density at radius 1 is 1.38 bits per heavy atom. The molecule has 7 heteroatoms. The molecule has 0 bridgehead atoms. The summed E-state index contributed by atoms with van der Waals surface area (Å²) in [6, 6.07) is 6.59. The second-order valence-corrected chi connectivity index (χ2v) is 4.70. The molecule has 6 nitrogen and oxygen atoms in total. The summed E-state index contributed by atoms with van der Waals surface area (Å²) in [5.41, 5.74) is 1.22. The third-order valence-electron chi connectivity index (χ3n) is 2.71. The maximum Gasteiger partial charge on any atom is 0.292 e. The van der Waals surface area contributed by atoms with Gasteiger partial charge in [-0.3, -0.25) is 15.1 Å². The molecule has 0 aliphatic heterocycles. The van der Waals surface area contributed by atoms with E-state index in [1.165, 1.54) is 18.5 Å². The molecule has 0 unspecified atom stereocenters. The minimum Gasteiger partial charge on any atom is -0.487 e. The predicted octanol–water partition coefficient (Wildman–Crippen LogP) is 3.65. The highest BCUT2D eigenvalue weighted by atomic mass is 35.5. The van der Waals surface area contributed by atoms with Crippen LogP contribution in [0.1, 0.15) is 12.5 Å². The number of nitro groups is 1. The lowest BCUT2D eigenvalue weighted by atomic mass is 10.2. The highest BCUT2D eigenvalue weighted by Gasteiger charge is 2.14. The number of nitro benzene ring substituents is 1. The highest BCUT2D eigenvalue weighted by molar-refractivity contribution is 6.30. The number of halogens is 1. The van der Waals surface area contributed by atoms with E-state index < -0.39 is 4.92 Å². The lowest BCUT2D eigenvalue weighted by molar-refractivity contribution is -0.384. The van der Waals surface area contributed by atoms with Crippen molar-refractivity contribution in [1.82, 2.24) is 4.98 Å². The van der Waals surface area contributed by atoms with Crippen LogP contribution in [0.15, 0.2) is 36.7 Å². The van der Waals surface area contributed by atoms with Crippen molar-refractivity contribution in [3.63, 3.8) is 0 Å². The van der Waals surface area contributed by atoms with Crippen molar-refractivity contribution >= 4 is 23.0 Å².